The maximum Gasteiger partial charge on any atom is 0.330 e. The van der Waals surface area contributed by atoms with Crippen molar-refractivity contribution in [1.82, 2.24) is 15.5 Å². The highest BCUT2D eigenvalue weighted by atomic mass is 35.5. The first-order valence-electron chi connectivity index (χ1n) is 11.6. The summed E-state index contributed by atoms with van der Waals surface area (Å²) in [7, 11) is 0. The standard InChI is InChI=1S/C27H24Cl2N4O5/c28-20-10-19(25(35)33-13-17-8-4-5-9-18(17)14-33)11-21(29)23(20)24(34)32-22(12-31-27(30)37)26(36)38-15-16-6-2-1-3-7-16/h1-11,22H,12-15H2,(H,32,34)(H3,30,31,37)/t22-/m0/s1. The number of rotatable bonds is 8. The highest BCUT2D eigenvalue weighted by Crippen LogP contribution is 2.30. The van der Waals surface area contributed by atoms with Crippen molar-refractivity contribution in [3.63, 3.8) is 0 Å². The number of fused-ring (bicyclic) bond motifs is 1. The minimum absolute atomic E-state index is 0.0404. The molecule has 0 saturated heterocycles. The van der Waals surface area contributed by atoms with Crippen LogP contribution < -0.4 is 16.4 Å². The zero-order chi connectivity index (χ0) is 27.2. The van der Waals surface area contributed by atoms with Gasteiger partial charge in [-0.2, -0.15) is 0 Å². The fourth-order valence-electron chi connectivity index (χ4n) is 4.03. The average molecular weight is 555 g/mol. The first-order valence-corrected chi connectivity index (χ1v) is 12.4. The van der Waals surface area contributed by atoms with Gasteiger partial charge in [0.25, 0.3) is 11.8 Å². The van der Waals surface area contributed by atoms with Crippen LogP contribution in [0.3, 0.4) is 0 Å². The van der Waals surface area contributed by atoms with E-state index in [4.69, 9.17) is 33.7 Å². The van der Waals surface area contributed by atoms with Gasteiger partial charge in [-0.05, 0) is 28.8 Å². The second-order valence-electron chi connectivity index (χ2n) is 8.61. The summed E-state index contributed by atoms with van der Waals surface area (Å²) in [6.45, 7) is 0.537. The van der Waals surface area contributed by atoms with E-state index in [1.807, 2.05) is 30.3 Å². The second-order valence-corrected chi connectivity index (χ2v) is 9.42. The molecule has 1 atom stereocenters. The number of hydrogen-bond acceptors (Lipinski definition) is 5. The van der Waals surface area contributed by atoms with E-state index in [9.17, 15) is 19.2 Å². The lowest BCUT2D eigenvalue weighted by Gasteiger charge is -2.20. The summed E-state index contributed by atoms with van der Waals surface area (Å²) >= 11 is 12.8. The molecule has 38 heavy (non-hydrogen) atoms. The predicted octanol–water partition coefficient (Wildman–Crippen LogP) is 3.66. The summed E-state index contributed by atoms with van der Waals surface area (Å²) in [5.41, 5.74) is 8.07. The van der Waals surface area contributed by atoms with E-state index in [2.05, 4.69) is 10.6 Å². The third kappa shape index (κ3) is 6.42. The van der Waals surface area contributed by atoms with Crippen LogP contribution in [0.5, 0.6) is 0 Å². The van der Waals surface area contributed by atoms with E-state index in [1.54, 1.807) is 29.2 Å². The molecule has 0 aromatic heterocycles. The van der Waals surface area contributed by atoms with E-state index >= 15 is 0 Å². The summed E-state index contributed by atoms with van der Waals surface area (Å²) in [5.74, 6) is -1.88. The minimum Gasteiger partial charge on any atom is -0.459 e. The maximum absolute atomic E-state index is 13.1. The lowest BCUT2D eigenvalue weighted by Crippen LogP contribution is -2.50. The van der Waals surface area contributed by atoms with Crippen LogP contribution in [-0.2, 0) is 29.2 Å². The second kappa shape index (κ2) is 12.0. The van der Waals surface area contributed by atoms with Crippen LogP contribution >= 0.6 is 23.2 Å². The summed E-state index contributed by atoms with van der Waals surface area (Å²) in [6.07, 6.45) is 0. The van der Waals surface area contributed by atoms with Crippen molar-refractivity contribution >= 4 is 47.0 Å². The number of primary amides is 1. The van der Waals surface area contributed by atoms with Crippen molar-refractivity contribution in [2.24, 2.45) is 5.73 Å². The van der Waals surface area contributed by atoms with Crippen LogP contribution in [0.25, 0.3) is 0 Å². The Kier molecular flexibility index (Phi) is 8.50. The van der Waals surface area contributed by atoms with Gasteiger partial charge in [-0.1, -0.05) is 77.8 Å². The number of hydrogen-bond donors (Lipinski definition) is 3. The highest BCUT2D eigenvalue weighted by Gasteiger charge is 2.28. The van der Waals surface area contributed by atoms with Crippen molar-refractivity contribution in [2.75, 3.05) is 6.54 Å². The number of benzene rings is 3. The molecule has 0 radical (unpaired) electrons. The Balaban J connectivity index is 1.47. The molecule has 0 aliphatic carbocycles. The first kappa shape index (κ1) is 27.0. The quantitative estimate of drug-likeness (QED) is 0.366. The Morgan fingerprint density at radius 2 is 1.50 bits per heavy atom. The zero-order valence-corrected chi connectivity index (χ0v) is 21.6. The smallest absolute Gasteiger partial charge is 0.330 e. The van der Waals surface area contributed by atoms with Gasteiger partial charge >= 0.3 is 12.0 Å². The topological polar surface area (TPSA) is 131 Å². The SMILES string of the molecule is NC(=O)NC[C@H](NC(=O)c1c(Cl)cc(C(=O)N2Cc3ccccc3C2)cc1Cl)C(=O)OCc1ccccc1. The number of esters is 1. The molecule has 3 aromatic carbocycles. The van der Waals surface area contributed by atoms with E-state index in [0.29, 0.717) is 13.1 Å². The summed E-state index contributed by atoms with van der Waals surface area (Å²) in [4.78, 5) is 51.8. The van der Waals surface area contributed by atoms with Gasteiger partial charge in [0, 0.05) is 18.7 Å². The molecule has 3 aromatic rings. The van der Waals surface area contributed by atoms with Gasteiger partial charge in [0.2, 0.25) is 0 Å². The molecule has 11 heteroatoms. The van der Waals surface area contributed by atoms with Crippen LogP contribution in [0, 0.1) is 0 Å². The molecule has 1 aliphatic heterocycles. The van der Waals surface area contributed by atoms with E-state index in [0.717, 1.165) is 16.7 Å². The number of amides is 4. The molecule has 196 valence electrons. The predicted molar refractivity (Wildman–Crippen MR) is 142 cm³/mol. The number of carbonyl (C=O) groups is 4. The lowest BCUT2D eigenvalue weighted by molar-refractivity contribution is -0.147. The Labute approximate surface area is 228 Å². The highest BCUT2D eigenvalue weighted by molar-refractivity contribution is 6.40. The monoisotopic (exact) mass is 554 g/mol. The number of halogens is 2. The van der Waals surface area contributed by atoms with Crippen LogP contribution in [0.15, 0.2) is 66.7 Å². The molecular formula is C27H24Cl2N4O5. The van der Waals surface area contributed by atoms with Gasteiger partial charge in [-0.15, -0.1) is 0 Å². The van der Waals surface area contributed by atoms with E-state index in [1.165, 1.54) is 12.1 Å². The molecule has 0 fully saturated rings. The molecule has 1 heterocycles. The summed E-state index contributed by atoms with van der Waals surface area (Å²) < 4.78 is 5.29. The molecule has 9 nitrogen and oxygen atoms in total. The van der Waals surface area contributed by atoms with E-state index in [-0.39, 0.29) is 40.2 Å². The van der Waals surface area contributed by atoms with Gasteiger partial charge in [-0.25, -0.2) is 9.59 Å². The number of ether oxygens (including phenoxy) is 1. The molecule has 0 bridgehead atoms. The lowest BCUT2D eigenvalue weighted by atomic mass is 10.1. The molecule has 1 aliphatic rings. The summed E-state index contributed by atoms with van der Waals surface area (Å²) in [5, 5.41) is 4.61. The molecular weight excluding hydrogens is 531 g/mol. The molecule has 4 N–H and O–H groups in total. The first-order chi connectivity index (χ1) is 18.2. The number of carbonyl (C=O) groups excluding carboxylic acids is 4. The van der Waals surface area contributed by atoms with Gasteiger partial charge < -0.3 is 26.0 Å². The van der Waals surface area contributed by atoms with Crippen LogP contribution in [0.2, 0.25) is 10.0 Å². The van der Waals surface area contributed by atoms with Crippen molar-refractivity contribution in [3.8, 4) is 0 Å². The third-order valence-electron chi connectivity index (χ3n) is 5.94. The molecule has 0 spiro atoms. The molecule has 0 saturated carbocycles. The van der Waals surface area contributed by atoms with Crippen LogP contribution in [-0.4, -0.2) is 41.3 Å². The van der Waals surface area contributed by atoms with Crippen molar-refractivity contribution in [3.05, 3.63) is 105 Å². The van der Waals surface area contributed by atoms with Crippen molar-refractivity contribution < 1.29 is 23.9 Å². The van der Waals surface area contributed by atoms with Crippen molar-refractivity contribution in [2.45, 2.75) is 25.7 Å². The summed E-state index contributed by atoms with van der Waals surface area (Å²) in [6, 6.07) is 17.2. The number of nitrogens with two attached hydrogens (primary N) is 1. The molecule has 4 amide bonds. The molecule has 0 unspecified atom stereocenters. The van der Waals surface area contributed by atoms with Crippen LogP contribution in [0.4, 0.5) is 4.79 Å². The average Bonchev–Trinajstić information content (AvgIpc) is 3.33. The van der Waals surface area contributed by atoms with Gasteiger partial charge in [0.1, 0.15) is 12.6 Å². The Hall–Kier alpha value is -4.08. The van der Waals surface area contributed by atoms with Crippen LogP contribution in [0.1, 0.15) is 37.4 Å². The zero-order valence-electron chi connectivity index (χ0n) is 20.1. The molecule has 4 rings (SSSR count). The third-order valence-corrected chi connectivity index (χ3v) is 6.53. The Morgan fingerprint density at radius 1 is 0.921 bits per heavy atom. The normalized spacial score (nSPS) is 12.8. The number of nitrogens with one attached hydrogen (secondary N) is 2. The fraction of sp³-hybridized carbons (Fsp3) is 0.185. The van der Waals surface area contributed by atoms with Gasteiger partial charge in [0.15, 0.2) is 0 Å². The number of urea groups is 1. The fourth-order valence-corrected chi connectivity index (χ4v) is 4.69. The Bertz CT molecular complexity index is 1330. The van der Waals surface area contributed by atoms with E-state index < -0.39 is 23.9 Å². The largest absolute Gasteiger partial charge is 0.459 e. The Morgan fingerprint density at radius 3 is 2.08 bits per heavy atom. The minimum atomic E-state index is -1.28. The van der Waals surface area contributed by atoms with Gasteiger partial charge in [-0.3, -0.25) is 9.59 Å². The van der Waals surface area contributed by atoms with Gasteiger partial charge in [0.05, 0.1) is 22.2 Å². The number of nitrogens with zero attached hydrogens (tertiary/aromatic N) is 1. The van der Waals surface area contributed by atoms with Crippen molar-refractivity contribution in [1.29, 1.82) is 0 Å². The maximum atomic E-state index is 13.1.